The van der Waals surface area contributed by atoms with Crippen LogP contribution in [0.5, 0.6) is 0 Å². The van der Waals surface area contributed by atoms with Crippen molar-refractivity contribution < 1.29 is 14.4 Å². The first-order valence-corrected chi connectivity index (χ1v) is 9.42. The van der Waals surface area contributed by atoms with Gasteiger partial charge >= 0.3 is 0 Å². The first kappa shape index (κ1) is 19.6. The Morgan fingerprint density at radius 1 is 1.11 bits per heavy atom. The molecule has 1 atom stereocenters. The van der Waals surface area contributed by atoms with Gasteiger partial charge in [0.1, 0.15) is 0 Å². The van der Waals surface area contributed by atoms with Gasteiger partial charge in [-0.15, -0.1) is 0 Å². The molecule has 0 bridgehead atoms. The fourth-order valence-corrected chi connectivity index (χ4v) is 3.42. The number of nitrogens with two attached hydrogens (primary N) is 1. The second-order valence-electron chi connectivity index (χ2n) is 7.20. The van der Waals surface area contributed by atoms with Gasteiger partial charge in [0.2, 0.25) is 17.7 Å². The summed E-state index contributed by atoms with van der Waals surface area (Å²) in [5, 5.41) is 0. The van der Waals surface area contributed by atoms with Crippen molar-refractivity contribution in [2.24, 2.45) is 11.7 Å². The van der Waals surface area contributed by atoms with E-state index in [9.17, 15) is 14.4 Å². The van der Waals surface area contributed by atoms with Crippen molar-refractivity contribution in [2.75, 3.05) is 18.0 Å². The third-order valence-electron chi connectivity index (χ3n) is 4.98. The number of anilines is 1. The van der Waals surface area contributed by atoms with Gasteiger partial charge in [0.05, 0.1) is 5.92 Å². The highest BCUT2D eigenvalue weighted by atomic mass is 16.2. The molecule has 6 nitrogen and oxygen atoms in total. The maximum absolute atomic E-state index is 13.1. The summed E-state index contributed by atoms with van der Waals surface area (Å²) in [6.45, 7) is 2.98. The van der Waals surface area contributed by atoms with Gasteiger partial charge < -0.3 is 15.5 Å². The topological polar surface area (TPSA) is 83.7 Å². The van der Waals surface area contributed by atoms with Crippen LogP contribution >= 0.6 is 0 Å². The zero-order chi connectivity index (χ0) is 20.1. The predicted molar refractivity (Wildman–Crippen MR) is 107 cm³/mol. The van der Waals surface area contributed by atoms with Crippen molar-refractivity contribution in [3.63, 3.8) is 0 Å². The lowest BCUT2D eigenvalue weighted by Crippen LogP contribution is -2.39. The van der Waals surface area contributed by atoms with Crippen molar-refractivity contribution in [3.8, 4) is 0 Å². The second kappa shape index (κ2) is 8.69. The van der Waals surface area contributed by atoms with Gasteiger partial charge in [-0.05, 0) is 24.6 Å². The predicted octanol–water partition coefficient (Wildman–Crippen LogP) is 2.25. The molecule has 3 amide bonds. The minimum atomic E-state index is -0.449. The fourth-order valence-electron chi connectivity index (χ4n) is 3.42. The number of rotatable bonds is 7. The summed E-state index contributed by atoms with van der Waals surface area (Å²) in [4.78, 5) is 40.2. The number of hydrogen-bond donors (Lipinski definition) is 1. The van der Waals surface area contributed by atoms with E-state index in [4.69, 9.17) is 5.73 Å². The van der Waals surface area contributed by atoms with Crippen molar-refractivity contribution in [1.29, 1.82) is 0 Å². The number of nitrogens with zero attached hydrogens (tertiary/aromatic N) is 2. The Labute approximate surface area is 164 Å². The quantitative estimate of drug-likeness (QED) is 0.801. The van der Waals surface area contributed by atoms with Gasteiger partial charge in [0, 0.05) is 38.2 Å². The summed E-state index contributed by atoms with van der Waals surface area (Å²) in [6.07, 6.45) is 0.273. The SMILES string of the molecule is Cc1ccc(N2CC(C(=O)N(CCC(N)=O)Cc3ccccc3)CC2=O)cc1. The highest BCUT2D eigenvalue weighted by molar-refractivity contribution is 6.00. The molecule has 0 radical (unpaired) electrons. The smallest absolute Gasteiger partial charge is 0.228 e. The minimum Gasteiger partial charge on any atom is -0.370 e. The summed E-state index contributed by atoms with van der Waals surface area (Å²) in [5.41, 5.74) is 8.17. The van der Waals surface area contributed by atoms with Crippen LogP contribution in [0.3, 0.4) is 0 Å². The summed E-state index contributed by atoms with van der Waals surface area (Å²) in [5.74, 6) is -1.05. The number of amides is 3. The largest absolute Gasteiger partial charge is 0.370 e. The lowest BCUT2D eigenvalue weighted by molar-refractivity contribution is -0.136. The number of benzene rings is 2. The molecule has 1 aliphatic heterocycles. The summed E-state index contributed by atoms with van der Waals surface area (Å²) < 4.78 is 0. The monoisotopic (exact) mass is 379 g/mol. The van der Waals surface area contributed by atoms with Crippen molar-refractivity contribution in [3.05, 3.63) is 65.7 Å². The van der Waals surface area contributed by atoms with Crippen LogP contribution in [0.4, 0.5) is 5.69 Å². The molecule has 0 saturated carbocycles. The molecular formula is C22H25N3O3. The van der Waals surface area contributed by atoms with Crippen molar-refractivity contribution in [1.82, 2.24) is 4.90 Å². The van der Waals surface area contributed by atoms with Crippen LogP contribution in [0.15, 0.2) is 54.6 Å². The molecule has 2 N–H and O–H groups in total. The molecule has 146 valence electrons. The van der Waals surface area contributed by atoms with E-state index in [1.807, 2.05) is 61.5 Å². The van der Waals surface area contributed by atoms with Crippen LogP contribution in [0.2, 0.25) is 0 Å². The van der Waals surface area contributed by atoms with Crippen LogP contribution in [-0.2, 0) is 20.9 Å². The summed E-state index contributed by atoms with van der Waals surface area (Å²) >= 11 is 0. The van der Waals surface area contributed by atoms with Crippen LogP contribution < -0.4 is 10.6 Å². The fraction of sp³-hybridized carbons (Fsp3) is 0.318. The molecule has 0 aromatic heterocycles. The Bertz CT molecular complexity index is 849. The maximum atomic E-state index is 13.1. The highest BCUT2D eigenvalue weighted by Crippen LogP contribution is 2.27. The van der Waals surface area contributed by atoms with E-state index in [2.05, 4.69) is 0 Å². The average Bonchev–Trinajstić information content (AvgIpc) is 3.07. The van der Waals surface area contributed by atoms with Gasteiger partial charge in [0.25, 0.3) is 0 Å². The molecule has 28 heavy (non-hydrogen) atoms. The van der Waals surface area contributed by atoms with Crippen LogP contribution in [0.1, 0.15) is 24.0 Å². The maximum Gasteiger partial charge on any atom is 0.228 e. The second-order valence-corrected chi connectivity index (χ2v) is 7.20. The van der Waals surface area contributed by atoms with E-state index in [1.54, 1.807) is 9.80 Å². The van der Waals surface area contributed by atoms with Gasteiger partial charge in [-0.2, -0.15) is 0 Å². The van der Waals surface area contributed by atoms with Gasteiger partial charge in [0.15, 0.2) is 0 Å². The first-order valence-electron chi connectivity index (χ1n) is 9.42. The third kappa shape index (κ3) is 4.76. The number of hydrogen-bond acceptors (Lipinski definition) is 3. The lowest BCUT2D eigenvalue weighted by atomic mass is 10.1. The Morgan fingerprint density at radius 2 is 1.79 bits per heavy atom. The Hall–Kier alpha value is -3.15. The molecule has 1 unspecified atom stereocenters. The van der Waals surface area contributed by atoms with Crippen molar-refractivity contribution >= 4 is 23.4 Å². The molecule has 3 rings (SSSR count). The van der Waals surface area contributed by atoms with E-state index < -0.39 is 11.8 Å². The van der Waals surface area contributed by atoms with Crippen LogP contribution in [-0.4, -0.2) is 35.7 Å². The molecule has 0 spiro atoms. The molecule has 1 saturated heterocycles. The number of carbonyl (C=O) groups is 3. The standard InChI is InChI=1S/C22H25N3O3/c1-16-7-9-19(10-8-16)25-15-18(13-21(25)27)22(28)24(12-11-20(23)26)14-17-5-3-2-4-6-17/h2-10,18H,11-15H2,1H3,(H2,23,26). The molecule has 6 heteroatoms. The minimum absolute atomic E-state index is 0.0586. The molecule has 1 fully saturated rings. The van der Waals surface area contributed by atoms with Crippen LogP contribution in [0, 0.1) is 12.8 Å². The Kier molecular flexibility index (Phi) is 6.09. The van der Waals surface area contributed by atoms with E-state index >= 15 is 0 Å². The van der Waals surface area contributed by atoms with Gasteiger partial charge in [-0.1, -0.05) is 48.0 Å². The van der Waals surface area contributed by atoms with Gasteiger partial charge in [-0.3, -0.25) is 14.4 Å². The molecule has 2 aromatic carbocycles. The summed E-state index contributed by atoms with van der Waals surface area (Å²) in [6, 6.07) is 17.3. The average molecular weight is 379 g/mol. The molecule has 1 aliphatic rings. The Morgan fingerprint density at radius 3 is 2.43 bits per heavy atom. The molecular weight excluding hydrogens is 354 g/mol. The molecule has 0 aliphatic carbocycles. The highest BCUT2D eigenvalue weighted by Gasteiger charge is 2.37. The Balaban J connectivity index is 1.73. The normalized spacial score (nSPS) is 16.2. The van der Waals surface area contributed by atoms with Gasteiger partial charge in [-0.25, -0.2) is 0 Å². The zero-order valence-electron chi connectivity index (χ0n) is 16.0. The summed E-state index contributed by atoms with van der Waals surface area (Å²) in [7, 11) is 0. The molecule has 1 heterocycles. The number of carbonyl (C=O) groups excluding carboxylic acids is 3. The zero-order valence-corrected chi connectivity index (χ0v) is 16.0. The van der Waals surface area contributed by atoms with E-state index in [0.717, 1.165) is 16.8 Å². The lowest BCUT2D eigenvalue weighted by Gasteiger charge is -2.25. The number of aryl methyl sites for hydroxylation is 1. The van der Waals surface area contributed by atoms with E-state index in [0.29, 0.717) is 13.1 Å². The van der Waals surface area contributed by atoms with Crippen molar-refractivity contribution in [2.45, 2.75) is 26.3 Å². The first-order chi connectivity index (χ1) is 13.4. The third-order valence-corrected chi connectivity index (χ3v) is 4.98. The number of primary amides is 1. The van der Waals surface area contributed by atoms with E-state index in [-0.39, 0.29) is 31.2 Å². The molecule has 2 aromatic rings. The van der Waals surface area contributed by atoms with E-state index in [1.165, 1.54) is 0 Å². The van der Waals surface area contributed by atoms with Crippen LogP contribution in [0.25, 0.3) is 0 Å².